The minimum atomic E-state index is -0.198. The van der Waals surface area contributed by atoms with Gasteiger partial charge in [0.2, 0.25) is 0 Å². The maximum atomic E-state index is 13.4. The lowest BCUT2D eigenvalue weighted by molar-refractivity contribution is -0.114. The molecule has 0 bridgehead atoms. The van der Waals surface area contributed by atoms with Crippen LogP contribution in [0.3, 0.4) is 0 Å². The first-order valence-electron chi connectivity index (χ1n) is 10.5. The fourth-order valence-corrected chi connectivity index (χ4v) is 5.34. The summed E-state index contributed by atoms with van der Waals surface area (Å²) in [5.74, 6) is -0.198. The molecule has 2 heterocycles. The Bertz CT molecular complexity index is 1530. The highest BCUT2D eigenvalue weighted by Gasteiger charge is 2.37. The van der Waals surface area contributed by atoms with Crippen molar-refractivity contribution in [3.63, 3.8) is 0 Å². The summed E-state index contributed by atoms with van der Waals surface area (Å²) in [5, 5.41) is 3.19. The van der Waals surface area contributed by atoms with E-state index in [1.54, 1.807) is 42.3 Å². The minimum Gasteiger partial charge on any atom is -0.342 e. The number of benzene rings is 3. The Hall–Kier alpha value is -2.35. The Morgan fingerprint density at radius 1 is 0.971 bits per heavy atom. The van der Waals surface area contributed by atoms with E-state index in [2.05, 4.69) is 20.5 Å². The molecule has 176 valence electrons. The lowest BCUT2D eigenvalue weighted by atomic mass is 10.1. The van der Waals surface area contributed by atoms with Crippen molar-refractivity contribution in [2.75, 3.05) is 11.9 Å². The Morgan fingerprint density at radius 3 is 2.40 bits per heavy atom. The molecule has 1 saturated heterocycles. The van der Waals surface area contributed by atoms with Gasteiger partial charge in [0.1, 0.15) is 5.70 Å². The number of fused-ring (bicyclic) bond motifs is 1. The number of hydrogen-bond donors (Lipinski definition) is 0. The quantitative estimate of drug-likeness (QED) is 0.174. The molecule has 1 fully saturated rings. The standard InChI is InChI=1S/C26H17BrCl3N3OS/c1-31-24(25(34)33(26(31)35)20-7-5-18(28)6-8-20)10-16-14-32(23-9-3-17(27)11-21(16)23)13-15-2-4-19(29)12-22(15)30/h2-12,14H,13H2,1H3/b24-10-. The van der Waals surface area contributed by atoms with Gasteiger partial charge in [0, 0.05) is 55.8 Å². The fourth-order valence-electron chi connectivity index (χ4n) is 4.10. The van der Waals surface area contributed by atoms with Crippen molar-refractivity contribution in [2.45, 2.75) is 6.54 Å². The zero-order chi connectivity index (χ0) is 24.9. The van der Waals surface area contributed by atoms with Gasteiger partial charge in [-0.2, -0.15) is 0 Å². The van der Waals surface area contributed by atoms with E-state index in [0.717, 1.165) is 26.5 Å². The normalized spacial score (nSPS) is 15.2. The van der Waals surface area contributed by atoms with Crippen LogP contribution >= 0.6 is 63.0 Å². The summed E-state index contributed by atoms with van der Waals surface area (Å²) in [4.78, 5) is 16.7. The van der Waals surface area contributed by atoms with E-state index >= 15 is 0 Å². The van der Waals surface area contributed by atoms with Crippen LogP contribution in [0.5, 0.6) is 0 Å². The van der Waals surface area contributed by atoms with Crippen LogP contribution in [-0.2, 0) is 11.3 Å². The number of rotatable bonds is 4. The monoisotopic (exact) mass is 603 g/mol. The third-order valence-electron chi connectivity index (χ3n) is 5.87. The first kappa shape index (κ1) is 24.3. The number of carbonyl (C=O) groups is 1. The molecule has 1 aliphatic rings. The molecule has 0 atom stereocenters. The van der Waals surface area contributed by atoms with Crippen LogP contribution in [0.2, 0.25) is 15.1 Å². The van der Waals surface area contributed by atoms with Gasteiger partial charge in [-0.15, -0.1) is 0 Å². The van der Waals surface area contributed by atoms with Crippen LogP contribution in [-0.4, -0.2) is 27.5 Å². The topological polar surface area (TPSA) is 28.5 Å². The van der Waals surface area contributed by atoms with Gasteiger partial charge in [-0.3, -0.25) is 9.69 Å². The predicted molar refractivity (Wildman–Crippen MR) is 152 cm³/mol. The van der Waals surface area contributed by atoms with Crippen molar-refractivity contribution in [1.82, 2.24) is 9.47 Å². The van der Waals surface area contributed by atoms with Crippen LogP contribution in [0.1, 0.15) is 11.1 Å². The number of nitrogens with zero attached hydrogens (tertiary/aromatic N) is 3. The summed E-state index contributed by atoms with van der Waals surface area (Å²) in [6, 6.07) is 18.6. The minimum absolute atomic E-state index is 0.198. The van der Waals surface area contributed by atoms with Gasteiger partial charge in [0.05, 0.1) is 5.69 Å². The number of thiocarbonyl (C=S) groups is 1. The number of hydrogen-bond acceptors (Lipinski definition) is 2. The van der Waals surface area contributed by atoms with Crippen LogP contribution in [0.25, 0.3) is 17.0 Å². The van der Waals surface area contributed by atoms with E-state index in [1.165, 1.54) is 4.90 Å². The molecule has 4 nitrogen and oxygen atoms in total. The second-order valence-corrected chi connectivity index (χ2v) is 10.7. The molecule has 9 heteroatoms. The summed E-state index contributed by atoms with van der Waals surface area (Å²) in [7, 11) is 1.80. The van der Waals surface area contributed by atoms with Gasteiger partial charge in [-0.25, -0.2) is 0 Å². The smallest absolute Gasteiger partial charge is 0.281 e. The lowest BCUT2D eigenvalue weighted by Gasteiger charge is -2.16. The van der Waals surface area contributed by atoms with Crippen molar-refractivity contribution in [1.29, 1.82) is 0 Å². The van der Waals surface area contributed by atoms with Crippen LogP contribution in [0.4, 0.5) is 5.69 Å². The van der Waals surface area contributed by atoms with E-state index in [-0.39, 0.29) is 5.91 Å². The van der Waals surface area contributed by atoms with E-state index in [4.69, 9.17) is 47.0 Å². The van der Waals surface area contributed by atoms with Gasteiger partial charge >= 0.3 is 0 Å². The molecule has 0 saturated carbocycles. The van der Waals surface area contributed by atoms with Crippen LogP contribution in [0, 0.1) is 0 Å². The summed E-state index contributed by atoms with van der Waals surface area (Å²) in [5.41, 5.74) is 3.99. The molecule has 1 amide bonds. The Kier molecular flexibility index (Phi) is 6.68. The molecule has 0 aliphatic carbocycles. The van der Waals surface area contributed by atoms with E-state index < -0.39 is 0 Å². The number of likely N-dealkylation sites (N-methyl/N-ethyl adjacent to an activating group) is 1. The predicted octanol–water partition coefficient (Wildman–Crippen LogP) is 8.02. The third kappa shape index (κ3) is 4.61. The van der Waals surface area contributed by atoms with E-state index in [9.17, 15) is 4.79 Å². The Labute approximate surface area is 231 Å². The molecule has 0 radical (unpaired) electrons. The second kappa shape index (κ2) is 9.60. The summed E-state index contributed by atoms with van der Waals surface area (Å²) >= 11 is 27.7. The number of aromatic nitrogens is 1. The summed E-state index contributed by atoms with van der Waals surface area (Å²) < 4.78 is 3.05. The highest BCUT2D eigenvalue weighted by atomic mass is 79.9. The second-order valence-electron chi connectivity index (χ2n) is 8.10. The maximum Gasteiger partial charge on any atom is 0.281 e. The Morgan fingerprint density at radius 2 is 1.69 bits per heavy atom. The van der Waals surface area contributed by atoms with Gasteiger partial charge < -0.3 is 9.47 Å². The average molecular weight is 606 g/mol. The van der Waals surface area contributed by atoms with Crippen LogP contribution < -0.4 is 4.90 Å². The van der Waals surface area contributed by atoms with Gasteiger partial charge in [0.15, 0.2) is 5.11 Å². The van der Waals surface area contributed by atoms with Crippen molar-refractivity contribution in [3.8, 4) is 0 Å². The molecular formula is C26H17BrCl3N3OS. The van der Waals surface area contributed by atoms with E-state index in [0.29, 0.717) is 38.1 Å². The van der Waals surface area contributed by atoms with Crippen molar-refractivity contribution < 1.29 is 4.79 Å². The zero-order valence-electron chi connectivity index (χ0n) is 18.3. The van der Waals surface area contributed by atoms with Crippen molar-refractivity contribution in [2.24, 2.45) is 0 Å². The largest absolute Gasteiger partial charge is 0.342 e. The molecule has 5 rings (SSSR count). The van der Waals surface area contributed by atoms with Crippen molar-refractivity contribution >= 4 is 96.6 Å². The first-order chi connectivity index (χ1) is 16.7. The number of carbonyl (C=O) groups excluding carboxylic acids is 1. The molecule has 35 heavy (non-hydrogen) atoms. The number of halogens is 4. The van der Waals surface area contributed by atoms with Gasteiger partial charge in [0.25, 0.3) is 5.91 Å². The van der Waals surface area contributed by atoms with E-state index in [1.807, 2.05) is 42.6 Å². The molecule has 3 aromatic carbocycles. The first-order valence-corrected chi connectivity index (χ1v) is 12.9. The Balaban J connectivity index is 1.58. The molecule has 0 spiro atoms. The summed E-state index contributed by atoms with van der Waals surface area (Å²) in [6.45, 7) is 0.552. The highest BCUT2D eigenvalue weighted by molar-refractivity contribution is 9.10. The lowest BCUT2D eigenvalue weighted by Crippen LogP contribution is -2.31. The highest BCUT2D eigenvalue weighted by Crippen LogP contribution is 2.33. The van der Waals surface area contributed by atoms with Gasteiger partial charge in [-0.05, 0) is 78.5 Å². The fraction of sp³-hybridized carbons (Fsp3) is 0.0769. The molecule has 4 aromatic rings. The van der Waals surface area contributed by atoms with Crippen LogP contribution in [0.15, 0.2) is 77.0 Å². The molecular weight excluding hydrogens is 589 g/mol. The average Bonchev–Trinajstić information content (AvgIpc) is 3.25. The maximum absolute atomic E-state index is 13.4. The number of amides is 1. The van der Waals surface area contributed by atoms with Crippen molar-refractivity contribution in [3.05, 3.63) is 103 Å². The number of anilines is 1. The zero-order valence-corrected chi connectivity index (χ0v) is 23.0. The molecule has 0 N–H and O–H groups in total. The molecule has 0 unspecified atom stereocenters. The molecule has 1 aliphatic heterocycles. The SMILES string of the molecule is CN1C(=S)N(c2ccc(Cl)cc2)C(=O)/C1=C/c1cn(Cc2ccc(Cl)cc2Cl)c2ccc(Br)cc12. The molecule has 1 aromatic heterocycles. The third-order valence-corrected chi connectivity index (χ3v) is 7.66. The summed E-state index contributed by atoms with van der Waals surface area (Å²) in [6.07, 6.45) is 3.89. The van der Waals surface area contributed by atoms with Gasteiger partial charge in [-0.1, -0.05) is 56.8 Å².